The SMILES string of the molecule is CCCCOc1ccc(C(=O)N2CCN(CC(=O)Nc3cc(C)on3)CC2)cc1. The normalized spacial score (nSPS) is 14.6. The molecule has 0 atom stereocenters. The van der Waals surface area contributed by atoms with Crippen LogP contribution in [0.3, 0.4) is 0 Å². The summed E-state index contributed by atoms with van der Waals surface area (Å²) < 4.78 is 10.6. The molecule has 1 aromatic heterocycles. The van der Waals surface area contributed by atoms with Gasteiger partial charge in [-0.3, -0.25) is 14.5 Å². The van der Waals surface area contributed by atoms with Crippen molar-refractivity contribution in [3.8, 4) is 5.75 Å². The van der Waals surface area contributed by atoms with Gasteiger partial charge < -0.3 is 19.5 Å². The molecule has 1 saturated heterocycles. The van der Waals surface area contributed by atoms with Crippen LogP contribution in [0.4, 0.5) is 5.82 Å². The molecule has 156 valence electrons. The van der Waals surface area contributed by atoms with Gasteiger partial charge in [0, 0.05) is 37.8 Å². The molecule has 8 heteroatoms. The van der Waals surface area contributed by atoms with Crippen LogP contribution in [0.1, 0.15) is 35.9 Å². The van der Waals surface area contributed by atoms with Gasteiger partial charge >= 0.3 is 0 Å². The second kappa shape index (κ2) is 10.1. The van der Waals surface area contributed by atoms with Crippen molar-refractivity contribution in [3.05, 3.63) is 41.7 Å². The standard InChI is InChI=1S/C21H28N4O4/c1-3-4-13-28-18-7-5-17(6-8-18)21(27)25-11-9-24(10-12-25)15-20(26)22-19-14-16(2)29-23-19/h5-8,14H,3-4,9-13,15H2,1-2H3,(H,22,23,26). The summed E-state index contributed by atoms with van der Waals surface area (Å²) in [5, 5.41) is 6.47. The summed E-state index contributed by atoms with van der Waals surface area (Å²) in [6, 6.07) is 8.98. The number of rotatable bonds is 8. The Labute approximate surface area is 170 Å². The molecule has 1 fully saturated rings. The molecule has 2 aromatic rings. The molecule has 0 bridgehead atoms. The van der Waals surface area contributed by atoms with Gasteiger partial charge in [-0.15, -0.1) is 0 Å². The molecule has 0 unspecified atom stereocenters. The molecule has 0 radical (unpaired) electrons. The highest BCUT2D eigenvalue weighted by Crippen LogP contribution is 2.15. The minimum absolute atomic E-state index is 0.00674. The number of hydrogen-bond donors (Lipinski definition) is 1. The minimum Gasteiger partial charge on any atom is -0.494 e. The van der Waals surface area contributed by atoms with E-state index in [1.165, 1.54) is 0 Å². The maximum Gasteiger partial charge on any atom is 0.253 e. The molecule has 1 aliphatic heterocycles. The Morgan fingerprint density at radius 1 is 1.17 bits per heavy atom. The number of carbonyl (C=O) groups is 2. The van der Waals surface area contributed by atoms with Gasteiger partial charge in [0.05, 0.1) is 13.2 Å². The Hall–Kier alpha value is -2.87. The number of amides is 2. The van der Waals surface area contributed by atoms with Gasteiger partial charge in [-0.2, -0.15) is 0 Å². The van der Waals surface area contributed by atoms with Crippen LogP contribution < -0.4 is 10.1 Å². The van der Waals surface area contributed by atoms with Gasteiger partial charge in [0.2, 0.25) is 5.91 Å². The Morgan fingerprint density at radius 3 is 2.52 bits per heavy atom. The molecule has 1 aliphatic rings. The third kappa shape index (κ3) is 6.05. The molecular weight excluding hydrogens is 372 g/mol. The fourth-order valence-electron chi connectivity index (χ4n) is 3.13. The van der Waals surface area contributed by atoms with Crippen LogP contribution in [0.25, 0.3) is 0 Å². The number of nitrogens with one attached hydrogen (secondary N) is 1. The molecule has 0 saturated carbocycles. The quantitative estimate of drug-likeness (QED) is 0.685. The first-order valence-corrected chi connectivity index (χ1v) is 10.0. The Balaban J connectivity index is 1.43. The molecule has 29 heavy (non-hydrogen) atoms. The highest BCUT2D eigenvalue weighted by molar-refractivity contribution is 5.94. The zero-order valence-corrected chi connectivity index (χ0v) is 17.0. The second-order valence-corrected chi connectivity index (χ2v) is 7.17. The van der Waals surface area contributed by atoms with Crippen molar-refractivity contribution in [2.24, 2.45) is 0 Å². The molecule has 1 aromatic carbocycles. The molecule has 8 nitrogen and oxygen atoms in total. The smallest absolute Gasteiger partial charge is 0.253 e. The maximum absolute atomic E-state index is 12.7. The predicted octanol–water partition coefficient (Wildman–Crippen LogP) is 2.56. The summed E-state index contributed by atoms with van der Waals surface area (Å²) in [7, 11) is 0. The first-order chi connectivity index (χ1) is 14.0. The zero-order chi connectivity index (χ0) is 20.6. The van der Waals surface area contributed by atoms with Crippen molar-refractivity contribution in [2.75, 3.05) is 44.6 Å². The molecule has 1 N–H and O–H groups in total. The molecule has 2 amide bonds. The Kier molecular flexibility index (Phi) is 7.24. The van der Waals surface area contributed by atoms with E-state index in [0.717, 1.165) is 18.6 Å². The molecule has 3 rings (SSSR count). The lowest BCUT2D eigenvalue weighted by Gasteiger charge is -2.34. The fraction of sp³-hybridized carbons (Fsp3) is 0.476. The van der Waals surface area contributed by atoms with E-state index in [-0.39, 0.29) is 18.4 Å². The largest absolute Gasteiger partial charge is 0.494 e. The van der Waals surface area contributed by atoms with Gasteiger partial charge in [-0.25, -0.2) is 0 Å². The van der Waals surface area contributed by atoms with Crippen LogP contribution in [-0.4, -0.2) is 66.1 Å². The van der Waals surface area contributed by atoms with Gasteiger partial charge in [-0.05, 0) is 37.6 Å². The van der Waals surface area contributed by atoms with Crippen molar-refractivity contribution < 1.29 is 18.8 Å². The van der Waals surface area contributed by atoms with E-state index in [4.69, 9.17) is 9.26 Å². The maximum atomic E-state index is 12.7. The highest BCUT2D eigenvalue weighted by Gasteiger charge is 2.23. The number of unbranched alkanes of at least 4 members (excludes halogenated alkanes) is 1. The van der Waals surface area contributed by atoms with Crippen LogP contribution in [0, 0.1) is 6.92 Å². The predicted molar refractivity (Wildman–Crippen MR) is 109 cm³/mol. The number of nitrogens with zero attached hydrogens (tertiary/aromatic N) is 3. The van der Waals surface area contributed by atoms with Gasteiger partial charge in [-0.1, -0.05) is 18.5 Å². The Bertz CT molecular complexity index is 810. The third-order valence-corrected chi connectivity index (χ3v) is 4.79. The summed E-state index contributed by atoms with van der Waals surface area (Å²) in [6.07, 6.45) is 2.10. The number of hydrogen-bond acceptors (Lipinski definition) is 6. The van der Waals surface area contributed by atoms with Crippen molar-refractivity contribution in [3.63, 3.8) is 0 Å². The first-order valence-electron chi connectivity index (χ1n) is 10.0. The number of anilines is 1. The molecule has 2 heterocycles. The van der Waals surface area contributed by atoms with E-state index in [2.05, 4.69) is 17.4 Å². The number of ether oxygens (including phenoxy) is 1. The lowest BCUT2D eigenvalue weighted by Crippen LogP contribution is -2.50. The summed E-state index contributed by atoms with van der Waals surface area (Å²) in [5.41, 5.74) is 0.653. The molecular formula is C21H28N4O4. The van der Waals surface area contributed by atoms with E-state index in [1.54, 1.807) is 13.0 Å². The van der Waals surface area contributed by atoms with Crippen molar-refractivity contribution in [1.82, 2.24) is 15.0 Å². The van der Waals surface area contributed by atoms with E-state index < -0.39 is 0 Å². The van der Waals surface area contributed by atoms with Crippen molar-refractivity contribution >= 4 is 17.6 Å². The van der Waals surface area contributed by atoms with Gasteiger partial charge in [0.15, 0.2) is 5.82 Å². The summed E-state index contributed by atoms with van der Waals surface area (Å²) in [4.78, 5) is 28.7. The van der Waals surface area contributed by atoms with E-state index in [9.17, 15) is 9.59 Å². The number of benzene rings is 1. The van der Waals surface area contributed by atoms with Crippen LogP contribution in [0.2, 0.25) is 0 Å². The fourth-order valence-corrected chi connectivity index (χ4v) is 3.13. The molecule has 0 aliphatic carbocycles. The summed E-state index contributed by atoms with van der Waals surface area (Å²) in [5.74, 6) is 1.72. The van der Waals surface area contributed by atoms with Crippen molar-refractivity contribution in [2.45, 2.75) is 26.7 Å². The van der Waals surface area contributed by atoms with Gasteiger partial charge in [0.1, 0.15) is 11.5 Å². The zero-order valence-electron chi connectivity index (χ0n) is 17.0. The monoisotopic (exact) mass is 400 g/mol. The highest BCUT2D eigenvalue weighted by atomic mass is 16.5. The topological polar surface area (TPSA) is 87.9 Å². The van der Waals surface area contributed by atoms with E-state index >= 15 is 0 Å². The van der Waals surface area contributed by atoms with Crippen molar-refractivity contribution in [1.29, 1.82) is 0 Å². The van der Waals surface area contributed by atoms with Crippen LogP contribution in [-0.2, 0) is 4.79 Å². The Morgan fingerprint density at radius 2 is 1.90 bits per heavy atom. The van der Waals surface area contributed by atoms with E-state index in [1.807, 2.05) is 34.1 Å². The number of aromatic nitrogens is 1. The number of carbonyl (C=O) groups excluding carboxylic acids is 2. The van der Waals surface area contributed by atoms with Crippen LogP contribution in [0.15, 0.2) is 34.9 Å². The second-order valence-electron chi connectivity index (χ2n) is 7.17. The third-order valence-electron chi connectivity index (χ3n) is 4.79. The van der Waals surface area contributed by atoms with Gasteiger partial charge in [0.25, 0.3) is 5.91 Å². The lowest BCUT2D eigenvalue weighted by atomic mass is 10.1. The molecule has 0 spiro atoms. The minimum atomic E-state index is -0.142. The van der Waals surface area contributed by atoms with Crippen LogP contribution in [0.5, 0.6) is 5.75 Å². The summed E-state index contributed by atoms with van der Waals surface area (Å²) in [6.45, 7) is 7.31. The average molecular weight is 400 g/mol. The average Bonchev–Trinajstić information content (AvgIpc) is 3.13. The lowest BCUT2D eigenvalue weighted by molar-refractivity contribution is -0.117. The van der Waals surface area contributed by atoms with E-state index in [0.29, 0.717) is 49.9 Å². The van der Waals surface area contributed by atoms with Crippen LogP contribution >= 0.6 is 0 Å². The summed E-state index contributed by atoms with van der Waals surface area (Å²) >= 11 is 0. The number of piperazine rings is 1. The first kappa shape index (κ1) is 20.9. The number of aryl methyl sites for hydroxylation is 1.